The van der Waals surface area contributed by atoms with Crippen LogP contribution in [0.1, 0.15) is 34.6 Å². The van der Waals surface area contributed by atoms with E-state index in [2.05, 4.69) is 0 Å². The molecule has 0 aliphatic carbocycles. The molecule has 1 atom stereocenters. The predicted molar refractivity (Wildman–Crippen MR) is 73.9 cm³/mol. The van der Waals surface area contributed by atoms with Gasteiger partial charge in [0.15, 0.2) is 5.73 Å². The van der Waals surface area contributed by atoms with E-state index in [-0.39, 0.29) is 0 Å². The fraction of sp³-hybridized carbons (Fsp3) is 0.917. The molecular weight excluding hydrogens is 284 g/mol. The van der Waals surface area contributed by atoms with Crippen molar-refractivity contribution in [3.8, 4) is 0 Å². The maximum atomic E-state index is 11.5. The monoisotopic (exact) mass is 310 g/mol. The molecule has 20 heavy (non-hydrogen) atoms. The zero-order chi connectivity index (χ0) is 16.2. The van der Waals surface area contributed by atoms with Crippen molar-refractivity contribution in [3.05, 3.63) is 0 Å². The first-order chi connectivity index (χ1) is 8.96. The molecule has 0 aromatic carbocycles. The molecule has 120 valence electrons. The number of rotatable bonds is 8. The Balaban J connectivity index is 5.51. The fourth-order valence-corrected chi connectivity index (χ4v) is 3.81. The van der Waals surface area contributed by atoms with Crippen molar-refractivity contribution in [2.45, 2.75) is 45.9 Å². The van der Waals surface area contributed by atoms with Gasteiger partial charge >= 0.3 is 14.8 Å². The van der Waals surface area contributed by atoms with Gasteiger partial charge in [-0.3, -0.25) is 4.79 Å². The molecule has 0 aromatic rings. The lowest BCUT2D eigenvalue weighted by atomic mass is 9.95. The van der Waals surface area contributed by atoms with Crippen LogP contribution in [0.4, 0.5) is 0 Å². The van der Waals surface area contributed by atoms with Crippen LogP contribution >= 0.6 is 0 Å². The van der Waals surface area contributed by atoms with E-state index in [1.54, 1.807) is 20.8 Å². The molecule has 0 spiro atoms. The van der Waals surface area contributed by atoms with Crippen LogP contribution in [0.3, 0.4) is 0 Å². The Bertz CT molecular complexity index is 312. The SMILES string of the molecule is CO[Si](OC)(OC)C(OOC(C)(C)C)C(C)(C)C(=O)O. The van der Waals surface area contributed by atoms with Gasteiger partial charge in [0.2, 0.25) is 0 Å². The largest absolute Gasteiger partial charge is 0.535 e. The lowest BCUT2D eigenvalue weighted by molar-refractivity contribution is -0.377. The summed E-state index contributed by atoms with van der Waals surface area (Å²) in [5.74, 6) is -1.07. The highest BCUT2D eigenvalue weighted by atomic mass is 28.4. The Morgan fingerprint density at radius 2 is 1.40 bits per heavy atom. The summed E-state index contributed by atoms with van der Waals surface area (Å²) in [6.45, 7) is 8.37. The number of carbonyl (C=O) groups is 1. The summed E-state index contributed by atoms with van der Waals surface area (Å²) in [6, 6.07) is 0. The van der Waals surface area contributed by atoms with E-state index < -0.39 is 31.5 Å². The number of hydrogen-bond donors (Lipinski definition) is 1. The summed E-state index contributed by atoms with van der Waals surface area (Å²) < 4.78 is 16.0. The zero-order valence-electron chi connectivity index (χ0n) is 13.5. The summed E-state index contributed by atoms with van der Waals surface area (Å²) in [6.07, 6.45) is 0. The Morgan fingerprint density at radius 1 is 1.00 bits per heavy atom. The number of aliphatic carboxylic acids is 1. The van der Waals surface area contributed by atoms with Crippen LogP contribution in [0.5, 0.6) is 0 Å². The minimum atomic E-state index is -3.37. The molecule has 0 saturated carbocycles. The molecular formula is C12H26O7Si. The lowest BCUT2D eigenvalue weighted by Crippen LogP contribution is -2.63. The molecule has 0 amide bonds. The molecule has 0 heterocycles. The molecule has 0 aliphatic heterocycles. The maximum Gasteiger partial charge on any atom is 0.535 e. The molecule has 7 nitrogen and oxygen atoms in total. The Kier molecular flexibility index (Phi) is 6.79. The second-order valence-electron chi connectivity index (χ2n) is 5.91. The standard InChI is InChI=1S/C12H26O7Si/c1-11(2,3)19-18-10(12(4,5)9(13)14)20(15-6,16-7)17-8/h10H,1-8H3,(H,13,14). The summed E-state index contributed by atoms with van der Waals surface area (Å²) in [5, 5.41) is 9.41. The predicted octanol–water partition coefficient (Wildman–Crippen LogP) is 1.63. The molecule has 0 bridgehead atoms. The van der Waals surface area contributed by atoms with Crippen LogP contribution in [-0.2, 0) is 27.8 Å². The average Bonchev–Trinajstić information content (AvgIpc) is 2.33. The van der Waals surface area contributed by atoms with Gasteiger partial charge < -0.3 is 18.4 Å². The summed E-state index contributed by atoms with van der Waals surface area (Å²) in [4.78, 5) is 22.1. The highest BCUT2D eigenvalue weighted by Gasteiger charge is 2.60. The van der Waals surface area contributed by atoms with Gasteiger partial charge in [-0.1, -0.05) is 0 Å². The maximum absolute atomic E-state index is 11.5. The van der Waals surface area contributed by atoms with Crippen molar-refractivity contribution >= 4 is 14.8 Å². The van der Waals surface area contributed by atoms with Crippen LogP contribution in [0.25, 0.3) is 0 Å². The van der Waals surface area contributed by atoms with Crippen LogP contribution in [0.15, 0.2) is 0 Å². The highest BCUT2D eigenvalue weighted by molar-refractivity contribution is 6.62. The zero-order valence-corrected chi connectivity index (χ0v) is 14.5. The van der Waals surface area contributed by atoms with E-state index >= 15 is 0 Å². The number of carboxylic acids is 1. The van der Waals surface area contributed by atoms with Crippen molar-refractivity contribution < 1.29 is 33.0 Å². The molecule has 0 aromatic heterocycles. The third-order valence-electron chi connectivity index (χ3n) is 2.78. The second-order valence-corrected chi connectivity index (χ2v) is 8.87. The van der Waals surface area contributed by atoms with Gasteiger partial charge in [-0.2, -0.15) is 0 Å². The summed E-state index contributed by atoms with van der Waals surface area (Å²) >= 11 is 0. The van der Waals surface area contributed by atoms with Gasteiger partial charge in [-0.25, -0.2) is 9.78 Å². The van der Waals surface area contributed by atoms with E-state index in [0.717, 1.165) is 0 Å². The minimum Gasteiger partial charge on any atom is -0.481 e. The molecule has 1 unspecified atom stereocenters. The van der Waals surface area contributed by atoms with E-state index in [4.69, 9.17) is 23.1 Å². The van der Waals surface area contributed by atoms with E-state index in [1.165, 1.54) is 35.2 Å². The third-order valence-corrected chi connectivity index (χ3v) is 5.94. The van der Waals surface area contributed by atoms with Crippen molar-refractivity contribution in [2.24, 2.45) is 5.41 Å². The molecule has 8 heteroatoms. The molecule has 0 aliphatic rings. The van der Waals surface area contributed by atoms with Crippen LogP contribution in [0.2, 0.25) is 0 Å². The molecule has 1 N–H and O–H groups in total. The highest BCUT2D eigenvalue weighted by Crippen LogP contribution is 2.33. The summed E-state index contributed by atoms with van der Waals surface area (Å²) in [7, 11) is 0.808. The average molecular weight is 310 g/mol. The van der Waals surface area contributed by atoms with E-state index in [0.29, 0.717) is 0 Å². The number of hydrogen-bond acceptors (Lipinski definition) is 6. The van der Waals surface area contributed by atoms with Crippen molar-refractivity contribution in [2.75, 3.05) is 21.3 Å². The number of carboxylic acid groups (broad SMARTS) is 1. The van der Waals surface area contributed by atoms with Crippen LogP contribution < -0.4 is 0 Å². The Labute approximate surface area is 121 Å². The van der Waals surface area contributed by atoms with Crippen molar-refractivity contribution in [3.63, 3.8) is 0 Å². The quantitative estimate of drug-likeness (QED) is 0.414. The lowest BCUT2D eigenvalue weighted by Gasteiger charge is -2.39. The molecule has 0 fully saturated rings. The smallest absolute Gasteiger partial charge is 0.481 e. The van der Waals surface area contributed by atoms with Gasteiger partial charge in [-0.05, 0) is 34.6 Å². The van der Waals surface area contributed by atoms with Gasteiger partial charge in [0.25, 0.3) is 0 Å². The topological polar surface area (TPSA) is 83.5 Å². The first-order valence-electron chi connectivity index (χ1n) is 6.20. The fourth-order valence-electron chi connectivity index (χ4n) is 1.50. The van der Waals surface area contributed by atoms with Gasteiger partial charge in [-0.15, -0.1) is 0 Å². The molecule has 0 radical (unpaired) electrons. The van der Waals surface area contributed by atoms with Gasteiger partial charge in [0, 0.05) is 21.3 Å². The first kappa shape index (κ1) is 19.5. The normalized spacial score (nSPS) is 15.2. The van der Waals surface area contributed by atoms with Crippen LogP contribution in [0, 0.1) is 5.41 Å². The minimum absolute atomic E-state index is 0.609. The molecule has 0 saturated heterocycles. The third kappa shape index (κ3) is 4.50. The Hall–Kier alpha value is -0.513. The van der Waals surface area contributed by atoms with E-state index in [9.17, 15) is 9.90 Å². The summed E-state index contributed by atoms with van der Waals surface area (Å²) in [5.41, 5.74) is -2.95. The van der Waals surface area contributed by atoms with Gasteiger partial charge in [0.05, 0.1) is 11.0 Å². The Morgan fingerprint density at radius 3 is 1.65 bits per heavy atom. The van der Waals surface area contributed by atoms with Gasteiger partial charge in [0.1, 0.15) is 0 Å². The molecule has 0 rings (SSSR count). The first-order valence-corrected chi connectivity index (χ1v) is 8.00. The van der Waals surface area contributed by atoms with Crippen LogP contribution in [-0.4, -0.2) is 52.5 Å². The van der Waals surface area contributed by atoms with E-state index in [1.807, 2.05) is 0 Å². The second kappa shape index (κ2) is 6.97. The van der Waals surface area contributed by atoms with Crippen molar-refractivity contribution in [1.29, 1.82) is 0 Å². The van der Waals surface area contributed by atoms with Crippen molar-refractivity contribution in [1.82, 2.24) is 0 Å².